The van der Waals surface area contributed by atoms with Crippen LogP contribution in [0.25, 0.3) is 0 Å². The molecule has 3 rings (SSSR count). The van der Waals surface area contributed by atoms with Crippen molar-refractivity contribution in [3.63, 3.8) is 0 Å². The second-order valence-corrected chi connectivity index (χ2v) is 9.22. The highest BCUT2D eigenvalue weighted by atomic mass is 32.2. The van der Waals surface area contributed by atoms with Crippen molar-refractivity contribution in [1.29, 1.82) is 0 Å². The Bertz CT molecular complexity index is 937. The van der Waals surface area contributed by atoms with Gasteiger partial charge in [-0.1, -0.05) is 30.3 Å². The summed E-state index contributed by atoms with van der Waals surface area (Å²) >= 11 is 0. The molecular weight excluding hydrogens is 374 g/mol. The first-order valence-corrected chi connectivity index (χ1v) is 10.9. The lowest BCUT2D eigenvalue weighted by Gasteiger charge is -2.18. The number of likely N-dealkylation sites (N-methyl/N-ethyl adjacent to an activating group) is 1. The Morgan fingerprint density at radius 3 is 2.54 bits per heavy atom. The summed E-state index contributed by atoms with van der Waals surface area (Å²) in [5.74, 6) is -0.174. The third-order valence-corrected chi connectivity index (χ3v) is 6.83. The van der Waals surface area contributed by atoms with E-state index in [0.29, 0.717) is 25.3 Å². The van der Waals surface area contributed by atoms with Gasteiger partial charge in [-0.05, 0) is 56.1 Å². The molecule has 150 valence electrons. The molecule has 6 nitrogen and oxygen atoms in total. The first kappa shape index (κ1) is 20.5. The number of rotatable bonds is 7. The second-order valence-electron chi connectivity index (χ2n) is 7.29. The van der Waals surface area contributed by atoms with Crippen LogP contribution in [-0.2, 0) is 21.4 Å². The zero-order chi connectivity index (χ0) is 20.1. The largest absolute Gasteiger partial charge is 0.325 e. The summed E-state index contributed by atoms with van der Waals surface area (Å²) in [6, 6.07) is 14.6. The Morgan fingerprint density at radius 2 is 1.82 bits per heavy atom. The highest BCUT2D eigenvalue weighted by molar-refractivity contribution is 7.89. The van der Waals surface area contributed by atoms with E-state index in [2.05, 4.69) is 24.4 Å². The van der Waals surface area contributed by atoms with Gasteiger partial charge in [0.05, 0.1) is 11.4 Å². The van der Waals surface area contributed by atoms with E-state index >= 15 is 0 Å². The fourth-order valence-corrected chi connectivity index (χ4v) is 4.96. The molecule has 0 aliphatic carbocycles. The number of benzene rings is 2. The summed E-state index contributed by atoms with van der Waals surface area (Å²) in [7, 11) is -1.60. The van der Waals surface area contributed by atoms with Crippen molar-refractivity contribution in [2.45, 2.75) is 31.2 Å². The fraction of sp³-hybridized carbons (Fsp3) is 0.381. The third kappa shape index (κ3) is 4.98. The molecule has 0 radical (unpaired) electrons. The first-order valence-electron chi connectivity index (χ1n) is 9.49. The van der Waals surface area contributed by atoms with E-state index in [1.807, 2.05) is 24.1 Å². The molecule has 0 unspecified atom stereocenters. The van der Waals surface area contributed by atoms with E-state index in [-0.39, 0.29) is 17.3 Å². The van der Waals surface area contributed by atoms with Gasteiger partial charge in [-0.25, -0.2) is 8.42 Å². The summed E-state index contributed by atoms with van der Waals surface area (Å²) in [5, 5.41) is 2.81. The number of carbonyl (C=O) groups excluding carboxylic acids is 1. The van der Waals surface area contributed by atoms with Crippen LogP contribution in [0.2, 0.25) is 0 Å². The van der Waals surface area contributed by atoms with Gasteiger partial charge in [-0.2, -0.15) is 4.31 Å². The zero-order valence-electron chi connectivity index (χ0n) is 16.4. The Hall–Kier alpha value is -2.22. The summed E-state index contributed by atoms with van der Waals surface area (Å²) < 4.78 is 26.9. The maximum Gasteiger partial charge on any atom is 0.243 e. The molecule has 2 aromatic carbocycles. The molecule has 7 heteroatoms. The van der Waals surface area contributed by atoms with Gasteiger partial charge in [0.2, 0.25) is 15.9 Å². The number of aryl methyl sites for hydroxylation is 1. The number of amides is 1. The average molecular weight is 402 g/mol. The Labute approximate surface area is 167 Å². The predicted molar refractivity (Wildman–Crippen MR) is 111 cm³/mol. The normalized spacial score (nSPS) is 15.1. The van der Waals surface area contributed by atoms with Crippen molar-refractivity contribution >= 4 is 21.6 Å². The van der Waals surface area contributed by atoms with Crippen LogP contribution >= 0.6 is 0 Å². The fourth-order valence-electron chi connectivity index (χ4n) is 3.39. The second kappa shape index (κ2) is 8.86. The van der Waals surface area contributed by atoms with Crippen molar-refractivity contribution < 1.29 is 13.2 Å². The van der Waals surface area contributed by atoms with Gasteiger partial charge in [0.15, 0.2) is 0 Å². The number of nitrogens with one attached hydrogen (secondary N) is 1. The molecule has 1 aliphatic rings. The number of sulfonamides is 1. The number of hydrogen-bond donors (Lipinski definition) is 1. The van der Waals surface area contributed by atoms with Crippen LogP contribution in [0.4, 0.5) is 5.69 Å². The van der Waals surface area contributed by atoms with E-state index in [1.165, 1.54) is 21.5 Å². The highest BCUT2D eigenvalue weighted by Gasteiger charge is 2.27. The number of carbonyl (C=O) groups is 1. The lowest BCUT2D eigenvalue weighted by Crippen LogP contribution is -2.30. The molecule has 28 heavy (non-hydrogen) atoms. The minimum absolute atomic E-state index is 0.174. The molecule has 0 bridgehead atoms. The molecule has 2 aromatic rings. The summed E-state index contributed by atoms with van der Waals surface area (Å²) in [5.41, 5.74) is 2.86. The minimum Gasteiger partial charge on any atom is -0.325 e. The van der Waals surface area contributed by atoms with Crippen LogP contribution in [0.1, 0.15) is 24.0 Å². The monoisotopic (exact) mass is 401 g/mol. The zero-order valence-corrected chi connectivity index (χ0v) is 17.2. The van der Waals surface area contributed by atoms with Crippen LogP contribution < -0.4 is 5.32 Å². The molecule has 0 aromatic heterocycles. The quantitative estimate of drug-likeness (QED) is 0.775. The summed E-state index contributed by atoms with van der Waals surface area (Å²) in [6.07, 6.45) is 1.78. The van der Waals surface area contributed by atoms with Crippen molar-refractivity contribution in [2.24, 2.45) is 0 Å². The lowest BCUT2D eigenvalue weighted by molar-refractivity contribution is -0.117. The van der Waals surface area contributed by atoms with E-state index in [9.17, 15) is 13.2 Å². The van der Waals surface area contributed by atoms with Crippen LogP contribution in [0, 0.1) is 6.92 Å². The Kier molecular flexibility index (Phi) is 6.49. The van der Waals surface area contributed by atoms with Crippen molar-refractivity contribution in [3.05, 3.63) is 59.7 Å². The van der Waals surface area contributed by atoms with Gasteiger partial charge in [0, 0.05) is 25.3 Å². The summed E-state index contributed by atoms with van der Waals surface area (Å²) in [6.45, 7) is 4.06. The van der Waals surface area contributed by atoms with E-state index in [4.69, 9.17) is 0 Å². The first-order chi connectivity index (χ1) is 13.4. The molecule has 1 aliphatic heterocycles. The summed E-state index contributed by atoms with van der Waals surface area (Å²) in [4.78, 5) is 14.6. The number of nitrogens with zero attached hydrogens (tertiary/aromatic N) is 2. The van der Waals surface area contributed by atoms with Crippen LogP contribution in [0.5, 0.6) is 0 Å². The predicted octanol–water partition coefficient (Wildman–Crippen LogP) is 2.85. The standard InChI is InChI=1S/C21H27N3O3S/c1-17-8-3-4-9-18(17)15-23(2)16-21(25)22-19-10-7-11-20(14-19)28(26,27)24-12-5-6-13-24/h3-4,7-11,14H,5-6,12-13,15-16H2,1-2H3,(H,22,25). The van der Waals surface area contributed by atoms with E-state index in [1.54, 1.807) is 18.2 Å². The maximum atomic E-state index is 12.7. The number of anilines is 1. The number of hydrogen-bond acceptors (Lipinski definition) is 4. The topological polar surface area (TPSA) is 69.7 Å². The van der Waals surface area contributed by atoms with Crippen LogP contribution in [-0.4, -0.2) is 50.2 Å². The molecule has 1 heterocycles. The molecule has 1 fully saturated rings. The third-order valence-electron chi connectivity index (χ3n) is 4.94. The highest BCUT2D eigenvalue weighted by Crippen LogP contribution is 2.23. The van der Waals surface area contributed by atoms with Crippen LogP contribution in [0.15, 0.2) is 53.4 Å². The molecule has 1 saturated heterocycles. The Balaban J connectivity index is 1.62. The van der Waals surface area contributed by atoms with Gasteiger partial charge < -0.3 is 5.32 Å². The Morgan fingerprint density at radius 1 is 1.11 bits per heavy atom. The van der Waals surface area contributed by atoms with Crippen molar-refractivity contribution in [3.8, 4) is 0 Å². The SMILES string of the molecule is Cc1ccccc1CN(C)CC(=O)Nc1cccc(S(=O)(=O)N2CCCC2)c1. The molecule has 0 atom stereocenters. The minimum atomic E-state index is -3.49. The van der Waals surface area contributed by atoms with Gasteiger partial charge in [-0.3, -0.25) is 9.69 Å². The van der Waals surface area contributed by atoms with Gasteiger partial charge >= 0.3 is 0 Å². The molecular formula is C21H27N3O3S. The van der Waals surface area contributed by atoms with E-state index < -0.39 is 10.0 Å². The molecule has 0 saturated carbocycles. The molecule has 1 N–H and O–H groups in total. The molecule has 1 amide bonds. The lowest BCUT2D eigenvalue weighted by atomic mass is 10.1. The van der Waals surface area contributed by atoms with Gasteiger partial charge in [0.1, 0.15) is 0 Å². The van der Waals surface area contributed by atoms with Crippen LogP contribution in [0.3, 0.4) is 0 Å². The smallest absolute Gasteiger partial charge is 0.243 e. The molecule has 0 spiro atoms. The average Bonchev–Trinajstić information content (AvgIpc) is 3.19. The van der Waals surface area contributed by atoms with Gasteiger partial charge in [0.25, 0.3) is 0 Å². The van der Waals surface area contributed by atoms with Crippen molar-refractivity contribution in [2.75, 3.05) is 32.0 Å². The maximum absolute atomic E-state index is 12.7. The van der Waals surface area contributed by atoms with Crippen molar-refractivity contribution in [1.82, 2.24) is 9.21 Å². The van der Waals surface area contributed by atoms with Gasteiger partial charge in [-0.15, -0.1) is 0 Å². The van der Waals surface area contributed by atoms with E-state index in [0.717, 1.165) is 12.8 Å².